The van der Waals surface area contributed by atoms with Gasteiger partial charge in [-0.1, -0.05) is 0 Å². The highest BCUT2D eigenvalue weighted by atomic mass is 15.2. The van der Waals surface area contributed by atoms with Crippen molar-refractivity contribution in [2.45, 2.75) is 24.9 Å². The zero-order valence-corrected chi connectivity index (χ0v) is 5.15. The monoisotopic (exact) mass is 111 g/mol. The molecule has 0 aromatic heterocycles. The third-order valence-electron chi connectivity index (χ3n) is 2.15. The van der Waals surface area contributed by atoms with Crippen LogP contribution in [0.3, 0.4) is 0 Å². The molecule has 2 bridgehead atoms. The topological polar surface area (TPSA) is 26.1 Å². The van der Waals surface area contributed by atoms with Crippen LogP contribution in [0.5, 0.6) is 0 Å². The minimum absolute atomic E-state index is 0.324. The van der Waals surface area contributed by atoms with E-state index in [-0.39, 0.29) is 0 Å². The summed E-state index contributed by atoms with van der Waals surface area (Å²) >= 11 is 0. The molecule has 0 aromatic carbocycles. The largest absolute Gasteiger partial charge is 0.311 e. The maximum atomic E-state index is 4.47. The van der Waals surface area contributed by atoms with Gasteiger partial charge in [-0.15, -0.1) is 0 Å². The van der Waals surface area contributed by atoms with Gasteiger partial charge in [0.15, 0.2) is 0 Å². The Kier molecular flexibility index (Phi) is 0.746. The molecule has 2 heteroatoms. The van der Waals surface area contributed by atoms with E-state index in [9.17, 15) is 0 Å². The van der Waals surface area contributed by atoms with Gasteiger partial charge >= 0.3 is 0 Å². The van der Waals surface area contributed by atoms with E-state index in [1.165, 1.54) is 6.42 Å². The molecule has 2 saturated heterocycles. The van der Waals surface area contributed by atoms with Crippen molar-refractivity contribution in [3.05, 3.63) is 0 Å². The summed E-state index contributed by atoms with van der Waals surface area (Å²) in [5.74, 6) is 0. The van der Waals surface area contributed by atoms with Crippen molar-refractivity contribution in [3.63, 3.8) is 0 Å². The first-order chi connectivity index (χ1) is 3.79. The number of fused-ring (bicyclic) bond motifs is 2. The summed E-state index contributed by atoms with van der Waals surface area (Å²) in [5, 5.41) is 7.88. The van der Waals surface area contributed by atoms with Crippen molar-refractivity contribution in [1.29, 1.82) is 0 Å². The highest BCUT2D eigenvalue weighted by Gasteiger charge is 2.41. The molecule has 0 spiro atoms. The van der Waals surface area contributed by atoms with Crippen LogP contribution in [-0.4, -0.2) is 24.7 Å². The number of nitrogens with one attached hydrogen (secondary N) is 1. The summed E-state index contributed by atoms with van der Waals surface area (Å²) in [5.41, 5.74) is 0.324. The minimum Gasteiger partial charge on any atom is -0.311 e. The number of rotatable bonds is 0. The first-order valence-corrected chi connectivity index (χ1v) is 3.21. The Hall–Kier alpha value is -0.0800. The molecule has 1 N–H and O–H groups in total. The van der Waals surface area contributed by atoms with Gasteiger partial charge < -0.3 is 5.32 Å². The molecule has 8 heavy (non-hydrogen) atoms. The summed E-state index contributed by atoms with van der Waals surface area (Å²) < 4.78 is 0. The normalized spacial score (nSPS) is 52.9. The molecule has 2 atom stereocenters. The van der Waals surface area contributed by atoms with E-state index in [0.717, 1.165) is 19.1 Å². The quantitative estimate of drug-likeness (QED) is 0.457. The van der Waals surface area contributed by atoms with Crippen LogP contribution in [0.2, 0.25) is 0 Å². The zero-order chi connectivity index (χ0) is 5.61. The highest BCUT2D eigenvalue weighted by Crippen LogP contribution is 2.25. The van der Waals surface area contributed by atoms with E-state index in [4.69, 9.17) is 0 Å². The van der Waals surface area contributed by atoms with Crippen molar-refractivity contribution in [2.75, 3.05) is 13.1 Å². The molecular formula is C6H11N2. The molecule has 2 rings (SSSR count). The highest BCUT2D eigenvalue weighted by molar-refractivity contribution is 5.04. The van der Waals surface area contributed by atoms with Crippen LogP contribution in [0.1, 0.15) is 13.3 Å². The number of hydrogen-bond donors (Lipinski definition) is 1. The number of piperazine rings is 1. The molecule has 0 saturated carbocycles. The van der Waals surface area contributed by atoms with E-state index in [1.54, 1.807) is 0 Å². The van der Waals surface area contributed by atoms with E-state index in [0.29, 0.717) is 5.54 Å². The second-order valence-corrected chi connectivity index (χ2v) is 3.12. The predicted octanol–water partition coefficient (Wildman–Crippen LogP) is -0.275. The van der Waals surface area contributed by atoms with Gasteiger partial charge in [0.1, 0.15) is 0 Å². The van der Waals surface area contributed by atoms with Crippen LogP contribution < -0.4 is 10.6 Å². The summed E-state index contributed by atoms with van der Waals surface area (Å²) in [6.45, 7) is 4.39. The molecular weight excluding hydrogens is 100 g/mol. The van der Waals surface area contributed by atoms with Gasteiger partial charge in [-0.2, -0.15) is 0 Å². The first kappa shape index (κ1) is 4.77. The fraction of sp³-hybridized carbons (Fsp3) is 1.00. The zero-order valence-electron chi connectivity index (χ0n) is 5.15. The van der Waals surface area contributed by atoms with Crippen LogP contribution in [-0.2, 0) is 0 Å². The molecule has 0 aromatic rings. The lowest BCUT2D eigenvalue weighted by Crippen LogP contribution is -2.42. The molecule has 1 radical (unpaired) electrons. The lowest BCUT2D eigenvalue weighted by Gasteiger charge is -2.19. The first-order valence-electron chi connectivity index (χ1n) is 3.21. The maximum absolute atomic E-state index is 4.47. The molecule has 2 aliphatic rings. The molecule has 2 fully saturated rings. The lowest BCUT2D eigenvalue weighted by molar-refractivity contribution is 0.404. The lowest BCUT2D eigenvalue weighted by atomic mass is 10.0. The third-order valence-corrected chi connectivity index (χ3v) is 2.15. The van der Waals surface area contributed by atoms with Crippen molar-refractivity contribution < 1.29 is 0 Å². The summed E-state index contributed by atoms with van der Waals surface area (Å²) in [7, 11) is 0. The fourth-order valence-electron chi connectivity index (χ4n) is 1.62. The Morgan fingerprint density at radius 2 is 2.62 bits per heavy atom. The summed E-state index contributed by atoms with van der Waals surface area (Å²) in [6.07, 6.45) is 1.27. The summed E-state index contributed by atoms with van der Waals surface area (Å²) in [6, 6.07) is 0.722. The molecule has 45 valence electrons. The molecule has 2 heterocycles. The van der Waals surface area contributed by atoms with E-state index in [1.807, 2.05) is 0 Å². The number of hydrogen-bond acceptors (Lipinski definition) is 1. The van der Waals surface area contributed by atoms with E-state index < -0.39 is 0 Å². The molecule has 0 amide bonds. The Morgan fingerprint density at radius 3 is 2.75 bits per heavy atom. The Balaban J connectivity index is 2.19. The van der Waals surface area contributed by atoms with E-state index >= 15 is 0 Å². The molecule has 0 aliphatic carbocycles. The summed E-state index contributed by atoms with van der Waals surface area (Å²) in [4.78, 5) is 0. The molecule has 2 aliphatic heterocycles. The standard InChI is InChI=1S/C6H11N2/c1-6-2-5(3-8-6)7-4-6/h5,7H,2-4H2,1H3. The fourth-order valence-corrected chi connectivity index (χ4v) is 1.62. The van der Waals surface area contributed by atoms with Crippen LogP contribution >= 0.6 is 0 Å². The van der Waals surface area contributed by atoms with Crippen LogP contribution in [0, 0.1) is 0 Å². The van der Waals surface area contributed by atoms with Crippen molar-refractivity contribution in [3.8, 4) is 0 Å². The van der Waals surface area contributed by atoms with Gasteiger partial charge in [0.05, 0.1) is 0 Å². The van der Waals surface area contributed by atoms with Gasteiger partial charge in [0.2, 0.25) is 0 Å². The van der Waals surface area contributed by atoms with Gasteiger partial charge in [-0.05, 0) is 13.3 Å². The smallest absolute Gasteiger partial charge is 0.0468 e. The Labute approximate surface area is 49.7 Å². The third kappa shape index (κ3) is 0.501. The van der Waals surface area contributed by atoms with E-state index in [2.05, 4.69) is 17.6 Å². The molecule has 2 unspecified atom stereocenters. The van der Waals surface area contributed by atoms with Crippen molar-refractivity contribution in [1.82, 2.24) is 10.6 Å². The predicted molar refractivity (Wildman–Crippen MR) is 31.8 cm³/mol. The average molecular weight is 111 g/mol. The van der Waals surface area contributed by atoms with Gasteiger partial charge in [0.25, 0.3) is 0 Å². The average Bonchev–Trinajstić information content (AvgIpc) is 2.21. The van der Waals surface area contributed by atoms with Crippen LogP contribution in [0.4, 0.5) is 0 Å². The van der Waals surface area contributed by atoms with Gasteiger partial charge in [-0.3, -0.25) is 0 Å². The van der Waals surface area contributed by atoms with Crippen LogP contribution in [0.15, 0.2) is 0 Å². The van der Waals surface area contributed by atoms with Crippen LogP contribution in [0.25, 0.3) is 0 Å². The minimum atomic E-state index is 0.324. The van der Waals surface area contributed by atoms with Crippen molar-refractivity contribution in [2.24, 2.45) is 0 Å². The molecule has 2 nitrogen and oxygen atoms in total. The Morgan fingerprint density at radius 1 is 1.75 bits per heavy atom. The van der Waals surface area contributed by atoms with Gasteiger partial charge in [-0.25, -0.2) is 5.32 Å². The SMILES string of the molecule is CC12CNC(C[N]1)C2. The second kappa shape index (κ2) is 1.25. The number of nitrogens with zero attached hydrogens (tertiary/aromatic N) is 1. The maximum Gasteiger partial charge on any atom is 0.0468 e. The van der Waals surface area contributed by atoms with Crippen molar-refractivity contribution >= 4 is 0 Å². The Bertz CT molecular complexity index is 103. The van der Waals surface area contributed by atoms with Gasteiger partial charge in [0, 0.05) is 24.7 Å². The second-order valence-electron chi connectivity index (χ2n) is 3.12.